The van der Waals surface area contributed by atoms with Gasteiger partial charge in [0.15, 0.2) is 0 Å². The Morgan fingerprint density at radius 2 is 1.77 bits per heavy atom. The summed E-state index contributed by atoms with van der Waals surface area (Å²) in [5, 5.41) is 7.87. The molecule has 1 N–H and O–H groups in total. The number of hydrogen-bond acceptors (Lipinski definition) is 5. The Balaban J connectivity index is 1.60. The van der Waals surface area contributed by atoms with Crippen LogP contribution in [0.25, 0.3) is 33.6 Å². The van der Waals surface area contributed by atoms with Gasteiger partial charge in [-0.1, -0.05) is 65.8 Å². The Labute approximate surface area is 173 Å². The molecule has 0 radical (unpaired) electrons. The van der Waals surface area contributed by atoms with E-state index < -0.39 is 0 Å². The van der Waals surface area contributed by atoms with Crippen molar-refractivity contribution >= 4 is 17.0 Å². The fourth-order valence-electron chi connectivity index (χ4n) is 3.79. The van der Waals surface area contributed by atoms with Gasteiger partial charge in [0.2, 0.25) is 0 Å². The fourth-order valence-corrected chi connectivity index (χ4v) is 3.79. The average molecular weight is 399 g/mol. The molecule has 0 bridgehead atoms. The molecular weight excluding hydrogens is 378 g/mol. The van der Waals surface area contributed by atoms with Gasteiger partial charge in [-0.25, -0.2) is 4.98 Å². The first-order chi connectivity index (χ1) is 14.8. The van der Waals surface area contributed by atoms with E-state index in [2.05, 4.69) is 15.5 Å². The van der Waals surface area contributed by atoms with Crippen LogP contribution in [0.15, 0.2) is 71.3 Å². The Morgan fingerprint density at radius 1 is 1.03 bits per heavy atom. The summed E-state index contributed by atoms with van der Waals surface area (Å²) in [7, 11) is 0. The van der Waals surface area contributed by atoms with Gasteiger partial charge in [0.1, 0.15) is 5.69 Å². The number of ether oxygens (including phenoxy) is 1. The molecule has 6 heteroatoms. The third kappa shape index (κ3) is 3.57. The van der Waals surface area contributed by atoms with Crippen LogP contribution in [0, 0.1) is 0 Å². The molecule has 1 fully saturated rings. The highest BCUT2D eigenvalue weighted by Crippen LogP contribution is 2.32. The smallest absolute Gasteiger partial charge is 0.259 e. The molecule has 2 aromatic carbocycles. The molecule has 1 saturated heterocycles. The van der Waals surface area contributed by atoms with E-state index in [1.807, 2.05) is 66.7 Å². The first kappa shape index (κ1) is 18.5. The van der Waals surface area contributed by atoms with Crippen LogP contribution < -0.4 is 5.32 Å². The van der Waals surface area contributed by atoms with Gasteiger partial charge in [-0.3, -0.25) is 4.79 Å². The highest BCUT2D eigenvalue weighted by Gasteiger charge is 2.23. The topological polar surface area (TPSA) is 77.2 Å². The summed E-state index contributed by atoms with van der Waals surface area (Å²) in [4.78, 5) is 17.9. The third-order valence-electron chi connectivity index (χ3n) is 5.32. The SMILES string of the molecule is O=C(NCC1CCCO1)c1cc(-c2ccccc2)nc2onc(-c3ccccc3)c12. The second-order valence-corrected chi connectivity index (χ2v) is 7.34. The number of benzene rings is 2. The maximum Gasteiger partial charge on any atom is 0.259 e. The molecule has 0 aliphatic carbocycles. The number of fused-ring (bicyclic) bond motifs is 1. The van der Waals surface area contributed by atoms with Gasteiger partial charge in [0, 0.05) is 24.3 Å². The van der Waals surface area contributed by atoms with Crippen LogP contribution in [0.5, 0.6) is 0 Å². The number of amides is 1. The lowest BCUT2D eigenvalue weighted by atomic mass is 10.0. The van der Waals surface area contributed by atoms with Crippen molar-refractivity contribution in [1.29, 1.82) is 0 Å². The molecular formula is C24H21N3O3. The van der Waals surface area contributed by atoms with Crippen LogP contribution in [-0.2, 0) is 4.74 Å². The highest BCUT2D eigenvalue weighted by atomic mass is 16.5. The van der Waals surface area contributed by atoms with E-state index in [1.165, 1.54) is 0 Å². The van der Waals surface area contributed by atoms with Crippen LogP contribution in [0.1, 0.15) is 23.2 Å². The molecule has 4 aromatic rings. The Hall–Kier alpha value is -3.51. The molecule has 0 saturated carbocycles. The van der Waals surface area contributed by atoms with Gasteiger partial charge in [0.05, 0.1) is 22.7 Å². The second kappa shape index (κ2) is 8.08. The molecule has 5 rings (SSSR count). The van der Waals surface area contributed by atoms with Crippen molar-refractivity contribution in [2.75, 3.05) is 13.2 Å². The van der Waals surface area contributed by atoms with Crippen molar-refractivity contribution in [2.24, 2.45) is 0 Å². The summed E-state index contributed by atoms with van der Waals surface area (Å²) >= 11 is 0. The molecule has 150 valence electrons. The standard InChI is InChI=1S/C24H21N3O3/c28-23(25-15-18-12-7-13-29-18)19-14-20(16-8-3-1-4-9-16)26-24-21(19)22(27-30-24)17-10-5-2-6-11-17/h1-6,8-11,14,18H,7,12-13,15H2,(H,25,28). The van der Waals surface area contributed by atoms with Gasteiger partial charge in [-0.05, 0) is 18.9 Å². The lowest BCUT2D eigenvalue weighted by molar-refractivity contribution is 0.0859. The number of rotatable bonds is 5. The van der Waals surface area contributed by atoms with Gasteiger partial charge in [-0.15, -0.1) is 0 Å². The van der Waals surface area contributed by atoms with Crippen molar-refractivity contribution in [1.82, 2.24) is 15.5 Å². The number of hydrogen-bond donors (Lipinski definition) is 1. The van der Waals surface area contributed by atoms with Crippen molar-refractivity contribution in [3.8, 4) is 22.5 Å². The maximum absolute atomic E-state index is 13.2. The average Bonchev–Trinajstić information content (AvgIpc) is 3.48. The number of nitrogens with one attached hydrogen (secondary N) is 1. The van der Waals surface area contributed by atoms with E-state index in [1.54, 1.807) is 0 Å². The van der Waals surface area contributed by atoms with E-state index in [0.29, 0.717) is 34.6 Å². The summed E-state index contributed by atoms with van der Waals surface area (Å²) in [6.45, 7) is 1.23. The number of aromatic nitrogens is 2. The van der Waals surface area contributed by atoms with Crippen LogP contribution in [0.2, 0.25) is 0 Å². The van der Waals surface area contributed by atoms with Crippen molar-refractivity contribution in [2.45, 2.75) is 18.9 Å². The Bertz CT molecular complexity index is 1170. The summed E-state index contributed by atoms with van der Waals surface area (Å²) in [5.41, 5.74) is 3.90. The molecule has 1 aliphatic rings. The zero-order valence-electron chi connectivity index (χ0n) is 16.4. The monoisotopic (exact) mass is 399 g/mol. The van der Waals surface area contributed by atoms with E-state index in [4.69, 9.17) is 9.26 Å². The van der Waals surface area contributed by atoms with Crippen LogP contribution in [-0.4, -0.2) is 35.3 Å². The number of carbonyl (C=O) groups is 1. The van der Waals surface area contributed by atoms with Crippen LogP contribution in [0.4, 0.5) is 0 Å². The molecule has 1 aliphatic heterocycles. The van der Waals surface area contributed by atoms with Crippen molar-refractivity contribution in [3.63, 3.8) is 0 Å². The van der Waals surface area contributed by atoms with Crippen LogP contribution >= 0.6 is 0 Å². The molecule has 2 aromatic heterocycles. The zero-order valence-corrected chi connectivity index (χ0v) is 16.4. The number of pyridine rings is 1. The third-order valence-corrected chi connectivity index (χ3v) is 5.32. The molecule has 3 heterocycles. The second-order valence-electron chi connectivity index (χ2n) is 7.34. The van der Waals surface area contributed by atoms with Gasteiger partial charge in [0.25, 0.3) is 11.6 Å². The molecule has 1 amide bonds. The highest BCUT2D eigenvalue weighted by molar-refractivity contribution is 6.10. The quantitative estimate of drug-likeness (QED) is 0.536. The van der Waals surface area contributed by atoms with Crippen LogP contribution in [0.3, 0.4) is 0 Å². The lowest BCUT2D eigenvalue weighted by Crippen LogP contribution is -2.32. The van der Waals surface area contributed by atoms with E-state index in [9.17, 15) is 4.79 Å². The predicted octanol–water partition coefficient (Wildman–Crippen LogP) is 4.47. The van der Waals surface area contributed by atoms with Crippen molar-refractivity contribution in [3.05, 3.63) is 72.3 Å². The minimum Gasteiger partial charge on any atom is -0.376 e. The lowest BCUT2D eigenvalue weighted by Gasteiger charge is -2.12. The molecule has 6 nitrogen and oxygen atoms in total. The Morgan fingerprint density at radius 3 is 2.47 bits per heavy atom. The summed E-state index contributed by atoms with van der Waals surface area (Å²) in [6.07, 6.45) is 2.06. The number of carbonyl (C=O) groups excluding carboxylic acids is 1. The molecule has 1 atom stereocenters. The summed E-state index contributed by atoms with van der Waals surface area (Å²) < 4.78 is 11.2. The minimum atomic E-state index is -0.185. The Kier molecular flexibility index (Phi) is 4.99. The van der Waals surface area contributed by atoms with Gasteiger partial charge in [-0.2, -0.15) is 0 Å². The van der Waals surface area contributed by atoms with E-state index >= 15 is 0 Å². The fraction of sp³-hybridized carbons (Fsp3) is 0.208. The molecule has 30 heavy (non-hydrogen) atoms. The largest absolute Gasteiger partial charge is 0.376 e. The normalized spacial score (nSPS) is 16.1. The van der Waals surface area contributed by atoms with Gasteiger partial charge >= 0.3 is 0 Å². The maximum atomic E-state index is 13.2. The van der Waals surface area contributed by atoms with Gasteiger partial charge < -0.3 is 14.6 Å². The predicted molar refractivity (Wildman–Crippen MR) is 114 cm³/mol. The van der Waals surface area contributed by atoms with E-state index in [0.717, 1.165) is 30.6 Å². The summed E-state index contributed by atoms with van der Waals surface area (Å²) in [6, 6.07) is 21.2. The number of nitrogens with zero attached hydrogens (tertiary/aromatic N) is 2. The van der Waals surface area contributed by atoms with E-state index in [-0.39, 0.29) is 12.0 Å². The summed E-state index contributed by atoms with van der Waals surface area (Å²) in [5.74, 6) is -0.185. The van der Waals surface area contributed by atoms with Crippen molar-refractivity contribution < 1.29 is 14.1 Å². The molecule has 1 unspecified atom stereocenters. The zero-order chi connectivity index (χ0) is 20.3. The molecule has 0 spiro atoms. The first-order valence-electron chi connectivity index (χ1n) is 10.1. The first-order valence-corrected chi connectivity index (χ1v) is 10.1. The minimum absolute atomic E-state index is 0.0657.